The molecule has 3 rings (SSSR count). The fourth-order valence-electron chi connectivity index (χ4n) is 8.19. The lowest BCUT2D eigenvalue weighted by atomic mass is 9.81. The van der Waals surface area contributed by atoms with E-state index in [1.807, 2.05) is 6.92 Å². The molecular formula is C43H74N6O4. The largest absolute Gasteiger partial charge is 0.387 e. The Morgan fingerprint density at radius 2 is 1.43 bits per heavy atom. The van der Waals surface area contributed by atoms with Crippen LogP contribution in [0, 0.1) is 23.2 Å². The molecule has 7 N–H and O–H groups in total. The number of nitrogens with one attached hydrogen (secondary N) is 3. The summed E-state index contributed by atoms with van der Waals surface area (Å²) in [6, 6.07) is -1.97. The summed E-state index contributed by atoms with van der Waals surface area (Å²) in [5.41, 5.74) is 14.9. The Morgan fingerprint density at radius 3 is 1.98 bits per heavy atom. The molecule has 2 amide bonds. The fourth-order valence-corrected chi connectivity index (χ4v) is 8.19. The van der Waals surface area contributed by atoms with Crippen molar-refractivity contribution in [2.75, 3.05) is 0 Å². The van der Waals surface area contributed by atoms with Crippen LogP contribution in [0.1, 0.15) is 170 Å². The number of nitrogens with two attached hydrogens (primary N) is 2. The van der Waals surface area contributed by atoms with Crippen molar-refractivity contribution in [3.05, 3.63) is 23.5 Å². The number of ketones is 2. The highest BCUT2D eigenvalue weighted by atomic mass is 16.2. The molecule has 0 aromatic carbocycles. The number of rotatable bonds is 23. The van der Waals surface area contributed by atoms with Crippen molar-refractivity contribution in [3.63, 3.8) is 0 Å². The van der Waals surface area contributed by atoms with Crippen LogP contribution in [0.15, 0.2) is 28.5 Å². The second-order valence-electron chi connectivity index (χ2n) is 17.7. The van der Waals surface area contributed by atoms with Gasteiger partial charge in [-0.2, -0.15) is 0 Å². The number of amidine groups is 1. The van der Waals surface area contributed by atoms with Gasteiger partial charge in [-0.05, 0) is 93.5 Å². The van der Waals surface area contributed by atoms with Crippen LogP contribution in [-0.2, 0) is 19.2 Å². The van der Waals surface area contributed by atoms with Crippen molar-refractivity contribution in [2.45, 2.75) is 194 Å². The normalized spacial score (nSPS) is 20.0. The quantitative estimate of drug-likeness (QED) is 0.0317. The summed E-state index contributed by atoms with van der Waals surface area (Å²) < 4.78 is 0. The van der Waals surface area contributed by atoms with Crippen LogP contribution in [0.4, 0.5) is 0 Å². The number of aliphatic imine (C=N–C) groups is 1. The molecule has 0 bridgehead atoms. The van der Waals surface area contributed by atoms with Crippen LogP contribution in [0.2, 0.25) is 0 Å². The van der Waals surface area contributed by atoms with E-state index in [9.17, 15) is 19.2 Å². The molecule has 0 radical (unpaired) electrons. The molecule has 0 saturated heterocycles. The highest BCUT2D eigenvalue weighted by Crippen LogP contribution is 2.34. The van der Waals surface area contributed by atoms with Crippen LogP contribution in [0.25, 0.3) is 0 Å². The molecule has 10 heteroatoms. The standard InChI is InChI=1S/C43H74N6O4/c1-8-9-23-34(40(51)42(53)47-30(4)37(33-25-26-33)49-39(41(45)52)32-21-14-11-15-22-32)46-29(3)28(2)18-16-17-24-35(50)38(31-19-12-10-13-20-31)48-36(44)27-43(5,6)7/h28,30-32,34,38-39,46,49H,3,8-27H2,1-2,4-7H3,(H2,44,48)(H2,45,52)(H,47,53). The van der Waals surface area contributed by atoms with E-state index in [4.69, 9.17) is 16.5 Å². The monoisotopic (exact) mass is 739 g/mol. The van der Waals surface area contributed by atoms with E-state index >= 15 is 0 Å². The van der Waals surface area contributed by atoms with Crippen molar-refractivity contribution in [3.8, 4) is 0 Å². The van der Waals surface area contributed by atoms with Crippen molar-refractivity contribution < 1.29 is 19.2 Å². The molecule has 0 aliphatic heterocycles. The molecule has 10 nitrogen and oxygen atoms in total. The minimum Gasteiger partial charge on any atom is -0.387 e. The molecule has 5 unspecified atom stereocenters. The van der Waals surface area contributed by atoms with E-state index in [-0.39, 0.29) is 40.9 Å². The van der Waals surface area contributed by atoms with Gasteiger partial charge in [0.25, 0.3) is 5.91 Å². The van der Waals surface area contributed by atoms with Gasteiger partial charge in [0, 0.05) is 24.2 Å². The van der Waals surface area contributed by atoms with Crippen LogP contribution >= 0.6 is 0 Å². The summed E-state index contributed by atoms with van der Waals surface area (Å²) in [6.07, 6.45) is 18.4. The maximum atomic E-state index is 13.6. The molecule has 0 heterocycles. The topological polar surface area (TPSA) is 169 Å². The van der Waals surface area contributed by atoms with Gasteiger partial charge in [0.05, 0.1) is 17.9 Å². The van der Waals surface area contributed by atoms with Crippen molar-refractivity contribution in [1.82, 2.24) is 16.0 Å². The van der Waals surface area contributed by atoms with E-state index < -0.39 is 29.8 Å². The smallest absolute Gasteiger partial charge is 0.290 e. The average Bonchev–Trinajstić information content (AvgIpc) is 3.95. The Bertz CT molecular complexity index is 1300. The molecule has 3 fully saturated rings. The third kappa shape index (κ3) is 15.2. The van der Waals surface area contributed by atoms with Gasteiger partial charge in [-0.15, -0.1) is 0 Å². The number of amides is 2. The van der Waals surface area contributed by atoms with Gasteiger partial charge in [0.1, 0.15) is 12.1 Å². The van der Waals surface area contributed by atoms with Crippen LogP contribution in [0.3, 0.4) is 0 Å². The third-order valence-electron chi connectivity index (χ3n) is 11.5. The lowest BCUT2D eigenvalue weighted by molar-refractivity contribution is -0.139. The number of carbonyl (C=O) groups excluding carboxylic acids is 4. The minimum absolute atomic E-state index is 0.0165. The first kappa shape index (κ1) is 44.2. The van der Waals surface area contributed by atoms with Crippen molar-refractivity contribution >= 4 is 29.2 Å². The first-order valence-corrected chi connectivity index (χ1v) is 21.0. The Morgan fingerprint density at radius 1 is 0.830 bits per heavy atom. The predicted molar refractivity (Wildman–Crippen MR) is 216 cm³/mol. The lowest BCUT2D eigenvalue weighted by Crippen LogP contribution is -2.52. The molecule has 3 saturated carbocycles. The number of Topliss-reactive ketones (excluding diaryl/α,β-unsaturated/α-hetero) is 2. The molecule has 0 spiro atoms. The predicted octanol–water partition coefficient (Wildman–Crippen LogP) is 7.30. The number of hydrogen-bond donors (Lipinski definition) is 5. The molecule has 3 aliphatic rings. The second kappa shape index (κ2) is 21.7. The van der Waals surface area contributed by atoms with E-state index in [0.717, 1.165) is 108 Å². The zero-order chi connectivity index (χ0) is 39.1. The number of primary amides is 1. The first-order valence-electron chi connectivity index (χ1n) is 21.0. The molecule has 300 valence electrons. The van der Waals surface area contributed by atoms with Gasteiger partial charge >= 0.3 is 0 Å². The molecule has 3 aliphatic carbocycles. The summed E-state index contributed by atoms with van der Waals surface area (Å²) in [7, 11) is 0. The second-order valence-corrected chi connectivity index (χ2v) is 17.7. The SMILES string of the molecule is C=C(NC(CCCC)C(=O)C(=O)NC(C)C(NC(C(N)=O)C1CCCCC1)=C1CC1)C(C)CCCCC(=O)C(N=C(N)CC(C)(C)C)C1CCCCC1. The average molecular weight is 739 g/mol. The van der Waals surface area contributed by atoms with Gasteiger partial charge in [0.15, 0.2) is 5.78 Å². The van der Waals surface area contributed by atoms with E-state index in [2.05, 4.69) is 57.1 Å². The fraction of sp³-hybridized carbons (Fsp3) is 0.791. The number of hydrogen-bond acceptors (Lipinski definition) is 7. The van der Waals surface area contributed by atoms with Gasteiger partial charge in [-0.25, -0.2) is 0 Å². The van der Waals surface area contributed by atoms with Crippen LogP contribution in [0.5, 0.6) is 0 Å². The summed E-state index contributed by atoms with van der Waals surface area (Å²) in [6.45, 7) is 16.7. The molecule has 0 aromatic rings. The Hall–Kier alpha value is -3.17. The number of carbonyl (C=O) groups is 4. The number of allylic oxidation sites excluding steroid dienone is 2. The van der Waals surface area contributed by atoms with Gasteiger partial charge in [-0.3, -0.25) is 24.2 Å². The summed E-state index contributed by atoms with van der Waals surface area (Å²) in [5.74, 6) is -0.249. The first-order chi connectivity index (χ1) is 25.1. The summed E-state index contributed by atoms with van der Waals surface area (Å²) >= 11 is 0. The molecular weight excluding hydrogens is 665 g/mol. The highest BCUT2D eigenvalue weighted by Gasteiger charge is 2.34. The molecule has 0 aromatic heterocycles. The summed E-state index contributed by atoms with van der Waals surface area (Å²) in [4.78, 5) is 57.9. The van der Waals surface area contributed by atoms with Gasteiger partial charge in [0.2, 0.25) is 11.7 Å². The van der Waals surface area contributed by atoms with Crippen molar-refractivity contribution in [2.24, 2.45) is 39.6 Å². The van der Waals surface area contributed by atoms with Gasteiger partial charge in [-0.1, -0.05) is 99.0 Å². The maximum Gasteiger partial charge on any atom is 0.290 e. The number of unbranched alkanes of at least 4 members (excludes halogenated alkanes) is 2. The van der Waals surface area contributed by atoms with Gasteiger partial charge < -0.3 is 27.4 Å². The molecule has 53 heavy (non-hydrogen) atoms. The van der Waals surface area contributed by atoms with Crippen LogP contribution < -0.4 is 27.4 Å². The molecule has 5 atom stereocenters. The lowest BCUT2D eigenvalue weighted by Gasteiger charge is -2.32. The highest BCUT2D eigenvalue weighted by molar-refractivity contribution is 6.38. The van der Waals surface area contributed by atoms with Crippen molar-refractivity contribution in [1.29, 1.82) is 0 Å². The number of nitrogens with zero attached hydrogens (tertiary/aromatic N) is 1. The zero-order valence-electron chi connectivity index (χ0n) is 34.1. The Kier molecular flexibility index (Phi) is 18.1. The van der Waals surface area contributed by atoms with E-state index in [1.54, 1.807) is 0 Å². The Balaban J connectivity index is 1.54. The third-order valence-corrected chi connectivity index (χ3v) is 11.5. The van der Waals surface area contributed by atoms with Crippen LogP contribution in [-0.4, -0.2) is 53.4 Å². The van der Waals surface area contributed by atoms with E-state index in [0.29, 0.717) is 25.1 Å². The van der Waals surface area contributed by atoms with E-state index in [1.165, 1.54) is 18.4 Å². The minimum atomic E-state index is -0.683. The summed E-state index contributed by atoms with van der Waals surface area (Å²) in [5, 5.41) is 9.68. The maximum absolute atomic E-state index is 13.6. The zero-order valence-corrected chi connectivity index (χ0v) is 34.1. The Labute approximate surface area is 321 Å².